The SMILES string of the molecule is CCC(CSC)N(C)CCC(O)c1cccc(Br)c1. The molecular weight excluding hydrogens is 322 g/mol. The largest absolute Gasteiger partial charge is 0.388 e. The van der Waals surface area contributed by atoms with Gasteiger partial charge >= 0.3 is 0 Å². The number of rotatable bonds is 8. The van der Waals surface area contributed by atoms with Gasteiger partial charge in [0.05, 0.1) is 6.10 Å². The molecular formula is C15H24BrNOS. The molecule has 0 aromatic heterocycles. The summed E-state index contributed by atoms with van der Waals surface area (Å²) < 4.78 is 1.02. The maximum absolute atomic E-state index is 10.2. The molecule has 108 valence electrons. The summed E-state index contributed by atoms with van der Waals surface area (Å²) in [4.78, 5) is 2.36. The second kappa shape index (κ2) is 9.01. The molecule has 0 aliphatic heterocycles. The minimum absolute atomic E-state index is 0.383. The van der Waals surface area contributed by atoms with Crippen molar-refractivity contribution in [3.8, 4) is 0 Å². The molecule has 0 radical (unpaired) electrons. The third-order valence-corrected chi connectivity index (χ3v) is 4.65. The highest BCUT2D eigenvalue weighted by molar-refractivity contribution is 9.10. The smallest absolute Gasteiger partial charge is 0.0802 e. The lowest BCUT2D eigenvalue weighted by atomic mass is 10.1. The second-order valence-corrected chi connectivity index (χ2v) is 6.68. The average Bonchev–Trinajstić information content (AvgIpc) is 2.41. The van der Waals surface area contributed by atoms with Crippen LogP contribution in [-0.2, 0) is 0 Å². The van der Waals surface area contributed by atoms with Gasteiger partial charge in [0.15, 0.2) is 0 Å². The predicted octanol–water partition coefficient (Wildman–Crippen LogP) is 3.95. The molecule has 2 unspecified atom stereocenters. The van der Waals surface area contributed by atoms with Crippen LogP contribution < -0.4 is 0 Å². The Hall–Kier alpha value is -0.0300. The van der Waals surface area contributed by atoms with Crippen LogP contribution in [0.3, 0.4) is 0 Å². The summed E-state index contributed by atoms with van der Waals surface area (Å²) in [7, 11) is 2.15. The Labute approximate surface area is 129 Å². The Balaban J connectivity index is 2.47. The first-order valence-electron chi connectivity index (χ1n) is 6.71. The zero-order valence-electron chi connectivity index (χ0n) is 12.0. The highest BCUT2D eigenvalue weighted by Gasteiger charge is 2.14. The van der Waals surface area contributed by atoms with Gasteiger partial charge in [0.25, 0.3) is 0 Å². The molecule has 0 saturated carbocycles. The van der Waals surface area contributed by atoms with Gasteiger partial charge in [0.2, 0.25) is 0 Å². The lowest BCUT2D eigenvalue weighted by Gasteiger charge is -2.27. The first kappa shape index (κ1) is 17.0. The fourth-order valence-electron chi connectivity index (χ4n) is 2.14. The molecule has 1 aromatic carbocycles. The summed E-state index contributed by atoms with van der Waals surface area (Å²) >= 11 is 5.33. The van der Waals surface area contributed by atoms with Crippen molar-refractivity contribution in [2.45, 2.75) is 31.9 Å². The average molecular weight is 346 g/mol. The fraction of sp³-hybridized carbons (Fsp3) is 0.600. The number of halogens is 1. The molecule has 0 fully saturated rings. The van der Waals surface area contributed by atoms with Crippen LogP contribution >= 0.6 is 27.7 Å². The molecule has 19 heavy (non-hydrogen) atoms. The summed E-state index contributed by atoms with van der Waals surface area (Å²) in [5, 5.41) is 10.2. The zero-order valence-corrected chi connectivity index (χ0v) is 14.4. The molecule has 0 aliphatic carbocycles. The third kappa shape index (κ3) is 5.86. The van der Waals surface area contributed by atoms with Gasteiger partial charge in [-0.3, -0.25) is 0 Å². The summed E-state index contributed by atoms with van der Waals surface area (Å²) in [5.41, 5.74) is 0.987. The van der Waals surface area contributed by atoms with Crippen LogP contribution in [0.1, 0.15) is 31.4 Å². The quantitative estimate of drug-likeness (QED) is 0.771. The predicted molar refractivity (Wildman–Crippen MR) is 88.8 cm³/mol. The standard InChI is InChI=1S/C15H24BrNOS/c1-4-14(11-19-3)17(2)9-8-15(18)12-6-5-7-13(16)10-12/h5-7,10,14-15,18H,4,8-9,11H2,1-3H3. The van der Waals surface area contributed by atoms with Crippen LogP contribution in [0.25, 0.3) is 0 Å². The molecule has 0 spiro atoms. The van der Waals surface area contributed by atoms with Crippen LogP contribution in [0, 0.1) is 0 Å². The minimum atomic E-state index is -0.383. The molecule has 2 atom stereocenters. The Bertz CT molecular complexity index is 375. The monoisotopic (exact) mass is 345 g/mol. The van der Waals surface area contributed by atoms with E-state index in [1.165, 1.54) is 0 Å². The van der Waals surface area contributed by atoms with E-state index in [1.54, 1.807) is 0 Å². The molecule has 0 amide bonds. The Kier molecular flexibility index (Phi) is 8.07. The summed E-state index contributed by atoms with van der Waals surface area (Å²) in [5.74, 6) is 1.15. The van der Waals surface area contributed by atoms with Crippen molar-refractivity contribution >= 4 is 27.7 Å². The molecule has 2 nitrogen and oxygen atoms in total. The van der Waals surface area contributed by atoms with Gasteiger partial charge in [0.1, 0.15) is 0 Å². The molecule has 0 bridgehead atoms. The van der Waals surface area contributed by atoms with Crippen molar-refractivity contribution in [2.24, 2.45) is 0 Å². The van der Waals surface area contributed by atoms with Gasteiger partial charge in [-0.1, -0.05) is 35.0 Å². The van der Waals surface area contributed by atoms with Gasteiger partial charge in [-0.15, -0.1) is 0 Å². The number of aliphatic hydroxyl groups is 1. The highest BCUT2D eigenvalue weighted by Crippen LogP contribution is 2.21. The lowest BCUT2D eigenvalue weighted by molar-refractivity contribution is 0.139. The van der Waals surface area contributed by atoms with Crippen LogP contribution in [0.4, 0.5) is 0 Å². The van der Waals surface area contributed by atoms with Crippen LogP contribution in [0.2, 0.25) is 0 Å². The van der Waals surface area contributed by atoms with Crippen molar-refractivity contribution in [2.75, 3.05) is 25.6 Å². The third-order valence-electron chi connectivity index (χ3n) is 3.44. The van der Waals surface area contributed by atoms with Crippen molar-refractivity contribution in [3.05, 3.63) is 34.3 Å². The van der Waals surface area contributed by atoms with E-state index in [2.05, 4.69) is 41.1 Å². The maximum atomic E-state index is 10.2. The number of aliphatic hydroxyl groups excluding tert-OH is 1. The summed E-state index contributed by atoms with van der Waals surface area (Å²) in [6.07, 6.45) is 3.70. The summed E-state index contributed by atoms with van der Waals surface area (Å²) in [6, 6.07) is 8.52. The van der Waals surface area contributed by atoms with Crippen molar-refractivity contribution < 1.29 is 5.11 Å². The highest BCUT2D eigenvalue weighted by atomic mass is 79.9. The van der Waals surface area contributed by atoms with Crippen molar-refractivity contribution in [1.29, 1.82) is 0 Å². The molecule has 0 heterocycles. The van der Waals surface area contributed by atoms with Gasteiger partial charge in [0, 0.05) is 22.8 Å². The normalized spacial score (nSPS) is 14.6. The van der Waals surface area contributed by atoms with E-state index in [-0.39, 0.29) is 6.10 Å². The van der Waals surface area contributed by atoms with E-state index in [9.17, 15) is 5.11 Å². The maximum Gasteiger partial charge on any atom is 0.0802 e. The van der Waals surface area contributed by atoms with Crippen molar-refractivity contribution in [3.63, 3.8) is 0 Å². The zero-order chi connectivity index (χ0) is 14.3. The van der Waals surface area contributed by atoms with E-state index in [1.807, 2.05) is 36.0 Å². The van der Waals surface area contributed by atoms with Gasteiger partial charge in [-0.05, 0) is 43.8 Å². The van der Waals surface area contributed by atoms with E-state index in [0.29, 0.717) is 6.04 Å². The lowest BCUT2D eigenvalue weighted by Crippen LogP contribution is -2.34. The van der Waals surface area contributed by atoms with E-state index >= 15 is 0 Å². The first-order valence-corrected chi connectivity index (χ1v) is 8.89. The van der Waals surface area contributed by atoms with E-state index < -0.39 is 0 Å². The number of thioether (sulfide) groups is 1. The number of benzene rings is 1. The molecule has 1 rings (SSSR count). The van der Waals surface area contributed by atoms with Gasteiger partial charge < -0.3 is 10.0 Å². The second-order valence-electron chi connectivity index (χ2n) is 4.86. The first-order chi connectivity index (χ1) is 9.08. The van der Waals surface area contributed by atoms with E-state index in [0.717, 1.165) is 35.2 Å². The fourth-order valence-corrected chi connectivity index (χ4v) is 3.43. The van der Waals surface area contributed by atoms with E-state index in [4.69, 9.17) is 0 Å². The summed E-state index contributed by atoms with van der Waals surface area (Å²) in [6.45, 7) is 3.15. The molecule has 4 heteroatoms. The number of nitrogens with zero attached hydrogens (tertiary/aromatic N) is 1. The minimum Gasteiger partial charge on any atom is -0.388 e. The van der Waals surface area contributed by atoms with Crippen LogP contribution in [0.15, 0.2) is 28.7 Å². The molecule has 0 aliphatic rings. The number of hydrogen-bond acceptors (Lipinski definition) is 3. The molecule has 1 N–H and O–H groups in total. The molecule has 1 aromatic rings. The van der Waals surface area contributed by atoms with Crippen LogP contribution in [0.5, 0.6) is 0 Å². The topological polar surface area (TPSA) is 23.5 Å². The van der Waals surface area contributed by atoms with Gasteiger partial charge in [-0.25, -0.2) is 0 Å². The Morgan fingerprint density at radius 2 is 2.16 bits per heavy atom. The van der Waals surface area contributed by atoms with Crippen molar-refractivity contribution in [1.82, 2.24) is 4.90 Å². The van der Waals surface area contributed by atoms with Gasteiger partial charge in [-0.2, -0.15) is 11.8 Å². The molecule has 0 saturated heterocycles. The number of hydrogen-bond donors (Lipinski definition) is 1. The van der Waals surface area contributed by atoms with Crippen LogP contribution in [-0.4, -0.2) is 41.6 Å². The Morgan fingerprint density at radius 1 is 1.42 bits per heavy atom. The Morgan fingerprint density at radius 3 is 2.74 bits per heavy atom.